The van der Waals surface area contributed by atoms with Gasteiger partial charge in [0.25, 0.3) is 0 Å². The molecule has 0 bridgehead atoms. The summed E-state index contributed by atoms with van der Waals surface area (Å²) >= 11 is 0. The molecule has 0 spiro atoms. The number of aromatic nitrogens is 2. The highest BCUT2D eigenvalue weighted by Crippen LogP contribution is 2.15. The van der Waals surface area contributed by atoms with Crippen molar-refractivity contribution in [2.75, 3.05) is 24.6 Å². The number of hydrogen-bond acceptors (Lipinski definition) is 5. The summed E-state index contributed by atoms with van der Waals surface area (Å²) in [6, 6.07) is 4.57. The van der Waals surface area contributed by atoms with Gasteiger partial charge in [-0.25, -0.2) is 0 Å². The van der Waals surface area contributed by atoms with Gasteiger partial charge in [-0.1, -0.05) is 20.8 Å². The maximum atomic E-state index is 5.67. The molecule has 2 heterocycles. The Hall–Kier alpha value is -1.20. The molecule has 1 atom stereocenters. The van der Waals surface area contributed by atoms with E-state index < -0.39 is 0 Å². The second-order valence-electron chi connectivity index (χ2n) is 5.27. The summed E-state index contributed by atoms with van der Waals surface area (Å²) in [7, 11) is 0. The summed E-state index contributed by atoms with van der Waals surface area (Å²) in [6.07, 6.45) is 1.36. The van der Waals surface area contributed by atoms with Crippen LogP contribution in [0.15, 0.2) is 12.1 Å². The lowest BCUT2D eigenvalue weighted by Gasteiger charge is -2.33. The van der Waals surface area contributed by atoms with E-state index in [0.29, 0.717) is 12.1 Å². The molecule has 1 unspecified atom stereocenters. The average molecular weight is 264 g/mol. The molecule has 1 aliphatic rings. The van der Waals surface area contributed by atoms with Crippen molar-refractivity contribution in [1.29, 1.82) is 0 Å². The van der Waals surface area contributed by atoms with Crippen LogP contribution in [0.4, 0.5) is 5.82 Å². The number of morpholine rings is 1. The van der Waals surface area contributed by atoms with Crippen LogP contribution in [0.25, 0.3) is 0 Å². The Kier molecular flexibility index (Phi) is 5.10. The Labute approximate surface area is 115 Å². The molecule has 1 aliphatic heterocycles. The van der Waals surface area contributed by atoms with Crippen molar-refractivity contribution in [2.45, 2.75) is 45.9 Å². The summed E-state index contributed by atoms with van der Waals surface area (Å²) in [6.45, 7) is 9.76. The van der Waals surface area contributed by atoms with Gasteiger partial charge in [-0.3, -0.25) is 0 Å². The molecule has 5 nitrogen and oxygen atoms in total. The first-order chi connectivity index (χ1) is 9.19. The number of hydrogen-bond donors (Lipinski definition) is 1. The van der Waals surface area contributed by atoms with Crippen LogP contribution in [0.2, 0.25) is 0 Å². The topological polar surface area (TPSA) is 50.3 Å². The molecule has 1 saturated heterocycles. The van der Waals surface area contributed by atoms with E-state index in [1.807, 2.05) is 6.07 Å². The molecular formula is C14H24N4O. The molecule has 1 fully saturated rings. The van der Waals surface area contributed by atoms with Crippen LogP contribution in [0, 0.1) is 0 Å². The fraction of sp³-hybridized carbons (Fsp3) is 0.714. The largest absolute Gasteiger partial charge is 0.375 e. The van der Waals surface area contributed by atoms with Gasteiger partial charge in [-0.15, -0.1) is 5.10 Å². The fourth-order valence-electron chi connectivity index (χ4n) is 2.10. The lowest BCUT2D eigenvalue weighted by molar-refractivity contribution is 0.0381. The van der Waals surface area contributed by atoms with Gasteiger partial charge >= 0.3 is 0 Å². The third kappa shape index (κ3) is 4.14. The molecular weight excluding hydrogens is 240 g/mol. The molecule has 0 aliphatic carbocycles. The zero-order chi connectivity index (χ0) is 13.7. The smallest absolute Gasteiger partial charge is 0.151 e. The van der Waals surface area contributed by atoms with Crippen LogP contribution >= 0.6 is 0 Å². The van der Waals surface area contributed by atoms with E-state index in [0.717, 1.165) is 44.2 Å². The molecule has 106 valence electrons. The van der Waals surface area contributed by atoms with E-state index in [1.165, 1.54) is 0 Å². The average Bonchev–Trinajstić information content (AvgIpc) is 2.45. The molecule has 1 aromatic heterocycles. The minimum Gasteiger partial charge on any atom is -0.375 e. The van der Waals surface area contributed by atoms with E-state index in [4.69, 9.17) is 4.74 Å². The molecule has 1 aromatic rings. The third-order valence-electron chi connectivity index (χ3n) is 3.32. The number of rotatable bonds is 5. The number of nitrogens with zero attached hydrogens (tertiary/aromatic N) is 3. The van der Waals surface area contributed by atoms with E-state index in [-0.39, 0.29) is 0 Å². The van der Waals surface area contributed by atoms with Crippen LogP contribution in [-0.4, -0.2) is 42.0 Å². The zero-order valence-corrected chi connectivity index (χ0v) is 12.1. The normalized spacial score (nSPS) is 20.0. The monoisotopic (exact) mass is 264 g/mol. The molecule has 0 radical (unpaired) electrons. The molecule has 0 aromatic carbocycles. The van der Waals surface area contributed by atoms with Crippen LogP contribution in [0.3, 0.4) is 0 Å². The first kappa shape index (κ1) is 14.2. The Balaban J connectivity index is 1.93. The summed E-state index contributed by atoms with van der Waals surface area (Å²) < 4.78 is 5.67. The lowest BCUT2D eigenvalue weighted by atomic mass is 10.2. The van der Waals surface area contributed by atoms with Crippen molar-refractivity contribution < 1.29 is 4.74 Å². The van der Waals surface area contributed by atoms with Gasteiger partial charge in [0.15, 0.2) is 5.82 Å². The maximum Gasteiger partial charge on any atom is 0.151 e. The van der Waals surface area contributed by atoms with Crippen molar-refractivity contribution in [1.82, 2.24) is 15.5 Å². The Morgan fingerprint density at radius 2 is 2.26 bits per heavy atom. The van der Waals surface area contributed by atoms with E-state index in [1.54, 1.807) is 0 Å². The highest BCUT2D eigenvalue weighted by atomic mass is 16.5. The van der Waals surface area contributed by atoms with Crippen LogP contribution in [-0.2, 0) is 11.3 Å². The highest BCUT2D eigenvalue weighted by Gasteiger charge is 2.20. The molecule has 1 N–H and O–H groups in total. The van der Waals surface area contributed by atoms with Crippen molar-refractivity contribution in [3.05, 3.63) is 17.8 Å². The minimum atomic E-state index is 0.317. The molecule has 19 heavy (non-hydrogen) atoms. The summed E-state index contributed by atoms with van der Waals surface area (Å²) in [4.78, 5) is 2.25. The van der Waals surface area contributed by atoms with Crippen molar-refractivity contribution >= 4 is 5.82 Å². The summed E-state index contributed by atoms with van der Waals surface area (Å²) in [5.74, 6) is 0.954. The second kappa shape index (κ2) is 6.82. The molecule has 2 rings (SSSR count). The van der Waals surface area contributed by atoms with Gasteiger partial charge < -0.3 is 15.0 Å². The number of nitrogens with one attached hydrogen (secondary N) is 1. The third-order valence-corrected chi connectivity index (χ3v) is 3.32. The molecule has 5 heteroatoms. The number of anilines is 1. The molecule has 0 saturated carbocycles. The van der Waals surface area contributed by atoms with Crippen LogP contribution in [0.5, 0.6) is 0 Å². The van der Waals surface area contributed by atoms with Crippen LogP contribution < -0.4 is 10.2 Å². The first-order valence-corrected chi connectivity index (χ1v) is 7.11. The van der Waals surface area contributed by atoms with Crippen molar-refractivity contribution in [2.24, 2.45) is 0 Å². The standard InChI is InChI=1S/C14H24N4O/c1-4-13-10-18(7-8-19-13)14-6-5-12(16-17-14)9-15-11(2)3/h5-6,11,13,15H,4,7-10H2,1-3H3. The van der Waals surface area contributed by atoms with Gasteiger partial charge in [-0.05, 0) is 18.6 Å². The Morgan fingerprint density at radius 1 is 1.42 bits per heavy atom. The maximum absolute atomic E-state index is 5.67. The minimum absolute atomic E-state index is 0.317. The predicted octanol–water partition coefficient (Wildman–Crippen LogP) is 1.59. The quantitative estimate of drug-likeness (QED) is 0.875. The van der Waals surface area contributed by atoms with Crippen LogP contribution in [0.1, 0.15) is 32.9 Å². The Morgan fingerprint density at radius 3 is 2.89 bits per heavy atom. The summed E-state index contributed by atoms with van der Waals surface area (Å²) in [5, 5.41) is 12.0. The van der Waals surface area contributed by atoms with E-state index >= 15 is 0 Å². The fourth-order valence-corrected chi connectivity index (χ4v) is 2.10. The van der Waals surface area contributed by atoms with Gasteiger partial charge in [-0.2, -0.15) is 5.10 Å². The first-order valence-electron chi connectivity index (χ1n) is 7.11. The summed E-state index contributed by atoms with van der Waals surface area (Å²) in [5.41, 5.74) is 0.984. The van der Waals surface area contributed by atoms with Crippen molar-refractivity contribution in [3.8, 4) is 0 Å². The van der Waals surface area contributed by atoms with Gasteiger partial charge in [0, 0.05) is 25.7 Å². The van der Waals surface area contributed by atoms with Gasteiger partial charge in [0.05, 0.1) is 18.4 Å². The molecule has 0 amide bonds. The van der Waals surface area contributed by atoms with E-state index in [9.17, 15) is 0 Å². The van der Waals surface area contributed by atoms with E-state index in [2.05, 4.69) is 47.3 Å². The van der Waals surface area contributed by atoms with Gasteiger partial charge in [0.1, 0.15) is 0 Å². The zero-order valence-electron chi connectivity index (χ0n) is 12.1. The SMILES string of the molecule is CCC1CN(c2ccc(CNC(C)C)nn2)CCO1. The highest BCUT2D eigenvalue weighted by molar-refractivity contribution is 5.37. The predicted molar refractivity (Wildman–Crippen MR) is 76.3 cm³/mol. The number of ether oxygens (including phenoxy) is 1. The Bertz CT molecular complexity index is 380. The lowest BCUT2D eigenvalue weighted by Crippen LogP contribution is -2.42. The second-order valence-corrected chi connectivity index (χ2v) is 5.27. The van der Waals surface area contributed by atoms with Gasteiger partial charge in [0.2, 0.25) is 0 Å². The van der Waals surface area contributed by atoms with Crippen molar-refractivity contribution in [3.63, 3.8) is 0 Å².